The predicted octanol–water partition coefficient (Wildman–Crippen LogP) is 2.18. The number of benzene rings is 1. The molecule has 0 spiro atoms. The minimum absolute atomic E-state index is 0.142. The molecule has 0 saturated carbocycles. The maximum Gasteiger partial charge on any atom is 0.244 e. The second-order valence-electron chi connectivity index (χ2n) is 7.31. The summed E-state index contributed by atoms with van der Waals surface area (Å²) in [6.45, 7) is 4.69. The third-order valence-electron chi connectivity index (χ3n) is 4.67. The number of nitrogens with zero attached hydrogens (tertiary/aromatic N) is 5. The van der Waals surface area contributed by atoms with Crippen LogP contribution in [0.15, 0.2) is 29.7 Å². The lowest BCUT2D eigenvalue weighted by Gasteiger charge is -2.07. The average molecular weight is 386 g/mol. The number of H-pyrrole nitrogens is 1. The van der Waals surface area contributed by atoms with Gasteiger partial charge in [-0.05, 0) is 42.4 Å². The number of rotatable bonds is 6. The molecule has 0 fully saturated rings. The Morgan fingerprint density at radius 2 is 2.04 bits per heavy atom. The Bertz CT molecular complexity index is 1070. The van der Waals surface area contributed by atoms with Gasteiger partial charge in [0.05, 0.1) is 0 Å². The van der Waals surface area contributed by atoms with Gasteiger partial charge in [-0.25, -0.2) is 23.2 Å². The number of aromatic amines is 1. The molecule has 2 heterocycles. The Kier molecular flexibility index (Phi) is 4.55. The van der Waals surface area contributed by atoms with E-state index in [1.807, 2.05) is 19.9 Å². The molecular weight excluding hydrogens is 364 g/mol. The van der Waals surface area contributed by atoms with Crippen molar-refractivity contribution in [1.29, 1.82) is 0 Å². The van der Waals surface area contributed by atoms with E-state index in [0.717, 1.165) is 24.8 Å². The van der Waals surface area contributed by atoms with Crippen molar-refractivity contribution >= 4 is 9.84 Å². The lowest BCUT2D eigenvalue weighted by atomic mass is 10.1. The van der Waals surface area contributed by atoms with Crippen molar-refractivity contribution in [3.63, 3.8) is 0 Å². The van der Waals surface area contributed by atoms with Crippen LogP contribution in [0.4, 0.5) is 0 Å². The molecule has 27 heavy (non-hydrogen) atoms. The van der Waals surface area contributed by atoms with Crippen LogP contribution in [0.25, 0.3) is 11.4 Å². The summed E-state index contributed by atoms with van der Waals surface area (Å²) in [4.78, 5) is 8.33. The SMILES string of the molecule is CC(C)Cn1ncnc1CS(=O)(=O)c1nc(-c2ccc3c(c2)CCC3)n[nH]1. The van der Waals surface area contributed by atoms with Gasteiger partial charge in [-0.2, -0.15) is 15.2 Å². The van der Waals surface area contributed by atoms with E-state index in [9.17, 15) is 8.42 Å². The number of sulfone groups is 1. The van der Waals surface area contributed by atoms with E-state index in [1.165, 1.54) is 17.5 Å². The summed E-state index contributed by atoms with van der Waals surface area (Å²) in [5.41, 5.74) is 3.48. The summed E-state index contributed by atoms with van der Waals surface area (Å²) >= 11 is 0. The summed E-state index contributed by atoms with van der Waals surface area (Å²) < 4.78 is 27.1. The van der Waals surface area contributed by atoms with Crippen LogP contribution in [0.2, 0.25) is 0 Å². The van der Waals surface area contributed by atoms with Crippen molar-refractivity contribution in [3.05, 3.63) is 41.5 Å². The van der Waals surface area contributed by atoms with Crippen LogP contribution >= 0.6 is 0 Å². The zero-order valence-corrected chi connectivity index (χ0v) is 16.2. The molecule has 3 aromatic rings. The van der Waals surface area contributed by atoms with Crippen LogP contribution in [-0.4, -0.2) is 38.4 Å². The maximum absolute atomic E-state index is 12.8. The molecular formula is C18H22N6O2S. The third kappa shape index (κ3) is 3.64. The Labute approximate surface area is 158 Å². The monoisotopic (exact) mass is 386 g/mol. The van der Waals surface area contributed by atoms with Crippen molar-refractivity contribution in [3.8, 4) is 11.4 Å². The normalized spacial score (nSPS) is 14.0. The Hall–Kier alpha value is -2.55. The van der Waals surface area contributed by atoms with E-state index in [2.05, 4.69) is 37.4 Å². The standard InChI is InChI=1S/C18H22N6O2S/c1-12(2)9-24-16(19-11-20-24)10-27(25,26)18-21-17(22-23-18)15-7-6-13-4-3-5-14(13)8-15/h6-8,11-12H,3-5,9-10H2,1-2H3,(H,21,22,23). The second-order valence-corrected chi connectivity index (χ2v) is 9.22. The first-order chi connectivity index (χ1) is 12.9. The molecule has 0 radical (unpaired) electrons. The van der Waals surface area contributed by atoms with Crippen molar-refractivity contribution in [2.75, 3.05) is 0 Å². The fourth-order valence-electron chi connectivity index (χ4n) is 3.36. The molecule has 0 aliphatic heterocycles. The van der Waals surface area contributed by atoms with E-state index in [1.54, 1.807) is 4.68 Å². The smallest absolute Gasteiger partial charge is 0.244 e. The number of nitrogens with one attached hydrogen (secondary N) is 1. The second kappa shape index (κ2) is 6.88. The van der Waals surface area contributed by atoms with Gasteiger partial charge in [0.25, 0.3) is 0 Å². The Morgan fingerprint density at radius 3 is 2.85 bits per heavy atom. The van der Waals surface area contributed by atoms with Crippen LogP contribution in [0.1, 0.15) is 37.2 Å². The molecule has 2 aromatic heterocycles. The average Bonchev–Trinajstić information content (AvgIpc) is 3.34. The van der Waals surface area contributed by atoms with E-state index >= 15 is 0 Å². The zero-order valence-electron chi connectivity index (χ0n) is 15.4. The van der Waals surface area contributed by atoms with Gasteiger partial charge in [0.2, 0.25) is 15.0 Å². The highest BCUT2D eigenvalue weighted by Crippen LogP contribution is 2.27. The molecule has 0 bridgehead atoms. The summed E-state index contributed by atoms with van der Waals surface area (Å²) in [6, 6.07) is 6.08. The molecule has 1 aromatic carbocycles. The number of aromatic nitrogens is 6. The van der Waals surface area contributed by atoms with Gasteiger partial charge in [0, 0.05) is 12.1 Å². The fraction of sp³-hybridized carbons (Fsp3) is 0.444. The highest BCUT2D eigenvalue weighted by atomic mass is 32.2. The lowest BCUT2D eigenvalue weighted by molar-refractivity contribution is 0.469. The maximum atomic E-state index is 12.8. The number of hydrogen-bond acceptors (Lipinski definition) is 6. The molecule has 4 rings (SSSR count). The topological polar surface area (TPSA) is 106 Å². The van der Waals surface area contributed by atoms with Crippen LogP contribution in [0, 0.1) is 5.92 Å². The van der Waals surface area contributed by atoms with E-state index in [-0.39, 0.29) is 10.9 Å². The fourth-order valence-corrected chi connectivity index (χ4v) is 4.47. The summed E-state index contributed by atoms with van der Waals surface area (Å²) in [5.74, 6) is 0.870. The minimum Gasteiger partial charge on any atom is -0.249 e. The molecule has 1 N–H and O–H groups in total. The number of aryl methyl sites for hydroxylation is 2. The third-order valence-corrected chi connectivity index (χ3v) is 6.08. The number of hydrogen-bond donors (Lipinski definition) is 1. The molecule has 0 atom stereocenters. The first-order valence-electron chi connectivity index (χ1n) is 9.06. The Morgan fingerprint density at radius 1 is 1.22 bits per heavy atom. The van der Waals surface area contributed by atoms with Crippen molar-refractivity contribution in [2.45, 2.75) is 50.6 Å². The molecule has 0 saturated heterocycles. The summed E-state index contributed by atoms with van der Waals surface area (Å²) in [7, 11) is -3.69. The van der Waals surface area contributed by atoms with Gasteiger partial charge in [0.1, 0.15) is 17.9 Å². The van der Waals surface area contributed by atoms with Crippen LogP contribution < -0.4 is 0 Å². The molecule has 142 valence electrons. The van der Waals surface area contributed by atoms with Gasteiger partial charge in [-0.15, -0.1) is 0 Å². The van der Waals surface area contributed by atoms with Gasteiger partial charge < -0.3 is 0 Å². The highest BCUT2D eigenvalue weighted by Gasteiger charge is 2.24. The van der Waals surface area contributed by atoms with Crippen LogP contribution in [0.3, 0.4) is 0 Å². The quantitative estimate of drug-likeness (QED) is 0.696. The number of fused-ring (bicyclic) bond motifs is 1. The molecule has 1 aliphatic rings. The predicted molar refractivity (Wildman–Crippen MR) is 99.6 cm³/mol. The molecule has 1 aliphatic carbocycles. The lowest BCUT2D eigenvalue weighted by Crippen LogP contribution is -2.15. The first kappa shape index (κ1) is 17.8. The van der Waals surface area contributed by atoms with Gasteiger partial charge in [0.15, 0.2) is 5.82 Å². The minimum atomic E-state index is -3.69. The van der Waals surface area contributed by atoms with Crippen molar-refractivity contribution < 1.29 is 8.42 Å². The Balaban J connectivity index is 1.58. The van der Waals surface area contributed by atoms with E-state index in [4.69, 9.17) is 0 Å². The van der Waals surface area contributed by atoms with Crippen LogP contribution in [-0.2, 0) is 35.0 Å². The molecule has 0 unspecified atom stereocenters. The van der Waals surface area contributed by atoms with Crippen molar-refractivity contribution in [1.82, 2.24) is 29.9 Å². The van der Waals surface area contributed by atoms with Crippen molar-refractivity contribution in [2.24, 2.45) is 5.92 Å². The summed E-state index contributed by atoms with van der Waals surface area (Å²) in [5, 5.41) is 10.7. The van der Waals surface area contributed by atoms with Crippen LogP contribution in [0.5, 0.6) is 0 Å². The molecule has 0 amide bonds. The molecule has 8 nitrogen and oxygen atoms in total. The molecule has 9 heteroatoms. The van der Waals surface area contributed by atoms with E-state index < -0.39 is 9.84 Å². The zero-order chi connectivity index (χ0) is 19.0. The first-order valence-corrected chi connectivity index (χ1v) is 10.7. The highest BCUT2D eigenvalue weighted by molar-refractivity contribution is 7.90. The van der Waals surface area contributed by atoms with E-state index in [0.29, 0.717) is 24.1 Å². The largest absolute Gasteiger partial charge is 0.249 e. The summed E-state index contributed by atoms with van der Waals surface area (Å²) in [6.07, 6.45) is 4.68. The van der Waals surface area contributed by atoms with Gasteiger partial charge in [-0.3, -0.25) is 0 Å². The van der Waals surface area contributed by atoms with Gasteiger partial charge >= 0.3 is 0 Å². The van der Waals surface area contributed by atoms with Gasteiger partial charge in [-0.1, -0.05) is 26.0 Å².